The van der Waals surface area contributed by atoms with E-state index in [0.717, 1.165) is 11.4 Å². The molecule has 3 N–H and O–H groups in total. The summed E-state index contributed by atoms with van der Waals surface area (Å²) in [5.41, 5.74) is 1.27. The van der Waals surface area contributed by atoms with Gasteiger partial charge >= 0.3 is 0 Å². The van der Waals surface area contributed by atoms with Gasteiger partial charge in [0.15, 0.2) is 5.11 Å². The molecule has 0 amide bonds. The number of phenolic OH excluding ortho intramolecular Hbond substituents is 1. The standard InChI is InChI=1S/C15H15ClN2O2S/c1-2-20-12-6-4-11(5-7-12)17-15(21)18-13-9-10(16)3-8-14(13)19/h3-9,19H,2H2,1H3,(H2,17,18,21). The summed E-state index contributed by atoms with van der Waals surface area (Å²) in [4.78, 5) is 0. The fourth-order valence-corrected chi connectivity index (χ4v) is 2.09. The predicted molar refractivity (Wildman–Crippen MR) is 90.6 cm³/mol. The smallest absolute Gasteiger partial charge is 0.175 e. The van der Waals surface area contributed by atoms with Gasteiger partial charge in [-0.25, -0.2) is 0 Å². The molecule has 0 spiro atoms. The maximum atomic E-state index is 9.72. The summed E-state index contributed by atoms with van der Waals surface area (Å²) in [6, 6.07) is 12.1. The molecule has 110 valence electrons. The molecule has 2 aromatic carbocycles. The molecule has 6 heteroatoms. The van der Waals surface area contributed by atoms with Crippen molar-refractivity contribution in [2.75, 3.05) is 17.2 Å². The summed E-state index contributed by atoms with van der Waals surface area (Å²) in [7, 11) is 0. The zero-order chi connectivity index (χ0) is 15.2. The molecule has 2 aromatic rings. The molecule has 0 aliphatic heterocycles. The van der Waals surface area contributed by atoms with E-state index in [1.54, 1.807) is 12.1 Å². The second kappa shape index (κ2) is 7.15. The first-order chi connectivity index (χ1) is 10.1. The molecule has 0 radical (unpaired) electrons. The van der Waals surface area contributed by atoms with Crippen LogP contribution in [0.3, 0.4) is 0 Å². The van der Waals surface area contributed by atoms with Crippen LogP contribution in [-0.2, 0) is 0 Å². The van der Waals surface area contributed by atoms with Crippen LogP contribution in [-0.4, -0.2) is 16.8 Å². The number of nitrogens with one attached hydrogen (secondary N) is 2. The van der Waals surface area contributed by atoms with Gasteiger partial charge in [0.1, 0.15) is 11.5 Å². The molecule has 0 bridgehead atoms. The van der Waals surface area contributed by atoms with Crippen LogP contribution in [0.5, 0.6) is 11.5 Å². The molecule has 0 unspecified atom stereocenters. The first kappa shape index (κ1) is 15.4. The summed E-state index contributed by atoms with van der Waals surface area (Å²) in [5, 5.41) is 16.5. The van der Waals surface area contributed by atoms with Gasteiger partial charge in [-0.15, -0.1) is 0 Å². The lowest BCUT2D eigenvalue weighted by atomic mass is 10.3. The van der Waals surface area contributed by atoms with Gasteiger partial charge in [0.25, 0.3) is 0 Å². The summed E-state index contributed by atoms with van der Waals surface area (Å²) in [6.07, 6.45) is 0. The van der Waals surface area contributed by atoms with Gasteiger partial charge in [-0.1, -0.05) is 11.6 Å². The highest BCUT2D eigenvalue weighted by Gasteiger charge is 2.05. The van der Waals surface area contributed by atoms with E-state index in [9.17, 15) is 5.11 Å². The van der Waals surface area contributed by atoms with Crippen molar-refractivity contribution in [3.63, 3.8) is 0 Å². The number of halogens is 1. The largest absolute Gasteiger partial charge is 0.506 e. The van der Waals surface area contributed by atoms with Crippen LogP contribution in [0.4, 0.5) is 11.4 Å². The molecule has 0 atom stereocenters. The quantitative estimate of drug-likeness (QED) is 0.580. The topological polar surface area (TPSA) is 53.5 Å². The summed E-state index contributed by atoms with van der Waals surface area (Å²) in [5.74, 6) is 0.879. The number of benzene rings is 2. The Kier molecular flexibility index (Phi) is 5.25. The highest BCUT2D eigenvalue weighted by molar-refractivity contribution is 7.80. The number of anilines is 2. The lowest BCUT2D eigenvalue weighted by Crippen LogP contribution is -2.19. The fourth-order valence-electron chi connectivity index (χ4n) is 1.69. The average Bonchev–Trinajstić information content (AvgIpc) is 2.45. The molecule has 0 heterocycles. The third kappa shape index (κ3) is 4.51. The van der Waals surface area contributed by atoms with E-state index >= 15 is 0 Å². The van der Waals surface area contributed by atoms with Crippen molar-refractivity contribution in [1.29, 1.82) is 0 Å². The van der Waals surface area contributed by atoms with Crippen molar-refractivity contribution >= 4 is 40.3 Å². The first-order valence-corrected chi connectivity index (χ1v) is 7.16. The molecule has 0 saturated heterocycles. The Bertz CT molecular complexity index is 632. The second-order valence-corrected chi connectivity index (χ2v) is 5.04. The molecular formula is C15H15ClN2O2S. The number of hydrogen-bond donors (Lipinski definition) is 3. The third-order valence-corrected chi connectivity index (χ3v) is 3.07. The van der Waals surface area contributed by atoms with E-state index in [-0.39, 0.29) is 5.75 Å². The first-order valence-electron chi connectivity index (χ1n) is 6.38. The van der Waals surface area contributed by atoms with Crippen LogP contribution in [0.1, 0.15) is 6.92 Å². The van der Waals surface area contributed by atoms with E-state index in [1.807, 2.05) is 31.2 Å². The Hall–Kier alpha value is -1.98. The number of ether oxygens (including phenoxy) is 1. The van der Waals surface area contributed by atoms with Crippen LogP contribution in [0.2, 0.25) is 5.02 Å². The van der Waals surface area contributed by atoms with Crippen molar-refractivity contribution < 1.29 is 9.84 Å². The number of hydrogen-bond acceptors (Lipinski definition) is 3. The third-order valence-electron chi connectivity index (χ3n) is 2.63. The van der Waals surface area contributed by atoms with E-state index in [4.69, 9.17) is 28.6 Å². The van der Waals surface area contributed by atoms with Gasteiger partial charge in [-0.2, -0.15) is 0 Å². The predicted octanol–water partition coefficient (Wildman–Crippen LogP) is 4.25. The lowest BCUT2D eigenvalue weighted by molar-refractivity contribution is 0.340. The molecule has 0 aliphatic rings. The second-order valence-electron chi connectivity index (χ2n) is 4.20. The zero-order valence-corrected chi connectivity index (χ0v) is 13.0. The van der Waals surface area contributed by atoms with E-state index in [2.05, 4.69) is 10.6 Å². The van der Waals surface area contributed by atoms with Gasteiger partial charge in [0.2, 0.25) is 0 Å². The Labute approximate surface area is 133 Å². The van der Waals surface area contributed by atoms with Gasteiger partial charge in [-0.3, -0.25) is 0 Å². The Morgan fingerprint density at radius 2 is 1.90 bits per heavy atom. The van der Waals surface area contributed by atoms with Crippen molar-refractivity contribution in [2.45, 2.75) is 6.92 Å². The molecule has 0 aliphatic carbocycles. The van der Waals surface area contributed by atoms with Gasteiger partial charge in [0, 0.05) is 10.7 Å². The van der Waals surface area contributed by atoms with Crippen LogP contribution < -0.4 is 15.4 Å². The minimum atomic E-state index is 0.0789. The number of phenols is 1. The molecule has 21 heavy (non-hydrogen) atoms. The van der Waals surface area contributed by atoms with Crippen molar-refractivity contribution in [3.05, 3.63) is 47.5 Å². The minimum absolute atomic E-state index is 0.0789. The molecule has 0 aromatic heterocycles. The summed E-state index contributed by atoms with van der Waals surface area (Å²) in [6.45, 7) is 2.56. The van der Waals surface area contributed by atoms with E-state index in [0.29, 0.717) is 22.4 Å². The number of rotatable bonds is 4. The molecule has 4 nitrogen and oxygen atoms in total. The normalized spacial score (nSPS) is 10.0. The SMILES string of the molecule is CCOc1ccc(NC(=S)Nc2cc(Cl)ccc2O)cc1. The van der Waals surface area contributed by atoms with Crippen molar-refractivity contribution in [3.8, 4) is 11.5 Å². The number of thiocarbonyl (C=S) groups is 1. The fraction of sp³-hybridized carbons (Fsp3) is 0.133. The molecule has 0 saturated carbocycles. The van der Waals surface area contributed by atoms with Gasteiger partial charge < -0.3 is 20.5 Å². The van der Waals surface area contributed by atoms with Crippen LogP contribution in [0.15, 0.2) is 42.5 Å². The summed E-state index contributed by atoms with van der Waals surface area (Å²) >= 11 is 11.1. The Morgan fingerprint density at radius 1 is 1.19 bits per heavy atom. The highest BCUT2D eigenvalue weighted by Crippen LogP contribution is 2.26. The maximum absolute atomic E-state index is 9.72. The highest BCUT2D eigenvalue weighted by atomic mass is 35.5. The van der Waals surface area contributed by atoms with E-state index in [1.165, 1.54) is 6.07 Å². The molecule has 2 rings (SSSR count). The number of aromatic hydroxyl groups is 1. The van der Waals surface area contributed by atoms with Gasteiger partial charge in [0.05, 0.1) is 12.3 Å². The average molecular weight is 323 g/mol. The molecular weight excluding hydrogens is 308 g/mol. The van der Waals surface area contributed by atoms with Crippen LogP contribution in [0, 0.1) is 0 Å². The minimum Gasteiger partial charge on any atom is -0.506 e. The van der Waals surface area contributed by atoms with Gasteiger partial charge in [-0.05, 0) is 61.6 Å². The lowest BCUT2D eigenvalue weighted by Gasteiger charge is -2.12. The van der Waals surface area contributed by atoms with Crippen molar-refractivity contribution in [1.82, 2.24) is 0 Å². The summed E-state index contributed by atoms with van der Waals surface area (Å²) < 4.78 is 5.37. The van der Waals surface area contributed by atoms with E-state index < -0.39 is 0 Å². The van der Waals surface area contributed by atoms with Crippen LogP contribution >= 0.6 is 23.8 Å². The molecule has 0 fully saturated rings. The van der Waals surface area contributed by atoms with Crippen molar-refractivity contribution in [2.24, 2.45) is 0 Å². The monoisotopic (exact) mass is 322 g/mol. The Morgan fingerprint density at radius 3 is 2.57 bits per heavy atom. The maximum Gasteiger partial charge on any atom is 0.175 e. The Balaban J connectivity index is 1.99. The van der Waals surface area contributed by atoms with Crippen LogP contribution in [0.25, 0.3) is 0 Å². The zero-order valence-electron chi connectivity index (χ0n) is 11.4.